The molecule has 2 aromatic rings. The van der Waals surface area contributed by atoms with Gasteiger partial charge in [0, 0.05) is 28.8 Å². The Morgan fingerprint density at radius 2 is 2.25 bits per heavy atom. The zero-order valence-electron chi connectivity index (χ0n) is 10.0. The fourth-order valence-electron chi connectivity index (χ4n) is 1.43. The lowest BCUT2D eigenvalue weighted by Gasteiger charge is -2.07. The Morgan fingerprint density at radius 1 is 1.45 bits per heavy atom. The highest BCUT2D eigenvalue weighted by molar-refractivity contribution is 7.99. The van der Waals surface area contributed by atoms with Crippen molar-refractivity contribution in [2.45, 2.75) is 9.92 Å². The van der Waals surface area contributed by atoms with Gasteiger partial charge in [0.15, 0.2) is 5.84 Å². The maximum atomic E-state index is 10.8. The number of amidine groups is 1. The van der Waals surface area contributed by atoms with Gasteiger partial charge < -0.3 is 10.9 Å². The largest absolute Gasteiger partial charge is 0.409 e. The number of nitro groups is 1. The molecule has 3 N–H and O–H groups in total. The highest BCUT2D eigenvalue weighted by atomic mass is 32.2. The van der Waals surface area contributed by atoms with E-state index < -0.39 is 4.92 Å². The topological polar surface area (TPSA) is 128 Å². The second-order valence-electron chi connectivity index (χ2n) is 3.57. The first-order chi connectivity index (χ1) is 9.61. The molecule has 0 aliphatic heterocycles. The Balaban J connectivity index is 2.44. The molecule has 0 aliphatic rings. The van der Waals surface area contributed by atoms with Crippen LogP contribution in [0, 0.1) is 10.1 Å². The molecule has 0 amide bonds. The first-order valence-electron chi connectivity index (χ1n) is 5.32. The van der Waals surface area contributed by atoms with E-state index in [1.54, 1.807) is 12.3 Å². The molecule has 0 unspecified atom stereocenters. The molecule has 0 bridgehead atoms. The summed E-state index contributed by atoms with van der Waals surface area (Å²) in [5.41, 5.74) is 5.68. The molecule has 0 radical (unpaired) electrons. The van der Waals surface area contributed by atoms with Crippen LogP contribution in [0.3, 0.4) is 0 Å². The molecular formula is C11H9N5O3S. The maximum absolute atomic E-state index is 10.8. The monoisotopic (exact) mass is 291 g/mol. The van der Waals surface area contributed by atoms with Gasteiger partial charge in [0.25, 0.3) is 5.69 Å². The first kappa shape index (κ1) is 13.7. The van der Waals surface area contributed by atoms with Crippen LogP contribution in [0.15, 0.2) is 51.9 Å². The lowest BCUT2D eigenvalue weighted by Crippen LogP contribution is -2.14. The van der Waals surface area contributed by atoms with Crippen molar-refractivity contribution in [3.63, 3.8) is 0 Å². The second-order valence-corrected chi connectivity index (χ2v) is 4.63. The fourth-order valence-corrected chi connectivity index (χ4v) is 2.29. The van der Waals surface area contributed by atoms with Crippen molar-refractivity contribution >= 4 is 23.3 Å². The number of hydrogen-bond acceptors (Lipinski definition) is 7. The number of aromatic nitrogens is 2. The van der Waals surface area contributed by atoms with Gasteiger partial charge in [0.2, 0.25) is 0 Å². The number of nitrogens with two attached hydrogens (primary N) is 1. The Morgan fingerprint density at radius 3 is 2.85 bits per heavy atom. The first-order valence-corrected chi connectivity index (χ1v) is 6.13. The molecule has 1 aromatic heterocycles. The SMILES string of the molecule is NC(=NO)c1cc([N+](=O)[O-])ccc1Sc1ccncn1. The van der Waals surface area contributed by atoms with E-state index in [1.807, 2.05) is 0 Å². The van der Waals surface area contributed by atoms with Gasteiger partial charge in [-0.1, -0.05) is 16.9 Å². The highest BCUT2D eigenvalue weighted by Gasteiger charge is 2.15. The zero-order valence-corrected chi connectivity index (χ0v) is 10.8. The zero-order chi connectivity index (χ0) is 14.5. The van der Waals surface area contributed by atoms with Crippen molar-refractivity contribution < 1.29 is 10.1 Å². The van der Waals surface area contributed by atoms with Crippen LogP contribution in [0.2, 0.25) is 0 Å². The van der Waals surface area contributed by atoms with E-state index in [0.29, 0.717) is 9.92 Å². The van der Waals surface area contributed by atoms with E-state index in [9.17, 15) is 10.1 Å². The second kappa shape index (κ2) is 5.97. The van der Waals surface area contributed by atoms with Gasteiger partial charge in [0.05, 0.1) is 4.92 Å². The van der Waals surface area contributed by atoms with E-state index in [2.05, 4.69) is 15.1 Å². The summed E-state index contributed by atoms with van der Waals surface area (Å²) in [6, 6.07) is 5.80. The van der Waals surface area contributed by atoms with Crippen LogP contribution in [0.1, 0.15) is 5.56 Å². The summed E-state index contributed by atoms with van der Waals surface area (Å²) in [5.74, 6) is -0.203. The minimum atomic E-state index is -0.548. The lowest BCUT2D eigenvalue weighted by atomic mass is 10.2. The molecule has 0 fully saturated rings. The normalized spacial score (nSPS) is 11.3. The summed E-state index contributed by atoms with van der Waals surface area (Å²) in [7, 11) is 0. The lowest BCUT2D eigenvalue weighted by molar-refractivity contribution is -0.384. The third kappa shape index (κ3) is 3.01. The predicted octanol–water partition coefficient (Wildman–Crippen LogP) is 1.63. The van der Waals surface area contributed by atoms with Crippen molar-refractivity contribution in [2.24, 2.45) is 10.9 Å². The average Bonchev–Trinajstić information content (AvgIpc) is 2.47. The molecule has 0 atom stereocenters. The van der Waals surface area contributed by atoms with Gasteiger partial charge in [-0.25, -0.2) is 9.97 Å². The Labute approximate surface area is 117 Å². The van der Waals surface area contributed by atoms with E-state index in [0.717, 1.165) is 0 Å². The standard InChI is InChI=1S/C11H9N5O3S/c12-11(15-17)8-5-7(16(18)19)1-2-9(8)20-10-3-4-13-6-14-10/h1-6,17H,(H2,12,15). The van der Waals surface area contributed by atoms with Gasteiger partial charge in [-0.15, -0.1) is 0 Å². The number of rotatable bonds is 4. The molecule has 2 rings (SSSR count). The molecular weight excluding hydrogens is 282 g/mol. The van der Waals surface area contributed by atoms with Crippen molar-refractivity contribution in [1.29, 1.82) is 0 Å². The summed E-state index contributed by atoms with van der Waals surface area (Å²) in [5, 5.41) is 23.1. The summed E-state index contributed by atoms with van der Waals surface area (Å²) in [4.78, 5) is 18.6. The number of non-ortho nitro benzene ring substituents is 1. The average molecular weight is 291 g/mol. The third-order valence-corrected chi connectivity index (χ3v) is 3.35. The minimum absolute atomic E-state index is 0.140. The van der Waals surface area contributed by atoms with Gasteiger partial charge in [-0.2, -0.15) is 0 Å². The van der Waals surface area contributed by atoms with Gasteiger partial charge >= 0.3 is 0 Å². The van der Waals surface area contributed by atoms with Crippen molar-refractivity contribution in [2.75, 3.05) is 0 Å². The van der Waals surface area contributed by atoms with Crippen LogP contribution in [0.25, 0.3) is 0 Å². The highest BCUT2D eigenvalue weighted by Crippen LogP contribution is 2.31. The number of hydrogen-bond donors (Lipinski definition) is 2. The van der Waals surface area contributed by atoms with Crippen LogP contribution in [0.4, 0.5) is 5.69 Å². The molecule has 1 heterocycles. The number of nitrogens with zero attached hydrogens (tertiary/aromatic N) is 4. The van der Waals surface area contributed by atoms with Crippen molar-refractivity contribution in [1.82, 2.24) is 9.97 Å². The van der Waals surface area contributed by atoms with Gasteiger partial charge in [-0.3, -0.25) is 10.1 Å². The molecule has 8 nitrogen and oxygen atoms in total. The molecule has 9 heteroatoms. The number of oxime groups is 1. The number of benzene rings is 1. The van der Waals surface area contributed by atoms with Crippen LogP contribution < -0.4 is 5.73 Å². The maximum Gasteiger partial charge on any atom is 0.270 e. The fraction of sp³-hybridized carbons (Fsp3) is 0. The Hall–Kier alpha value is -2.68. The van der Waals surface area contributed by atoms with Crippen LogP contribution >= 0.6 is 11.8 Å². The minimum Gasteiger partial charge on any atom is -0.409 e. The van der Waals surface area contributed by atoms with Gasteiger partial charge in [0.1, 0.15) is 11.4 Å². The molecule has 20 heavy (non-hydrogen) atoms. The third-order valence-electron chi connectivity index (χ3n) is 2.33. The van der Waals surface area contributed by atoms with E-state index >= 15 is 0 Å². The Kier molecular flexibility index (Phi) is 4.11. The van der Waals surface area contributed by atoms with E-state index in [4.69, 9.17) is 10.9 Å². The summed E-state index contributed by atoms with van der Waals surface area (Å²) >= 11 is 1.23. The molecule has 0 spiro atoms. The summed E-state index contributed by atoms with van der Waals surface area (Å²) in [6.45, 7) is 0. The molecule has 0 saturated carbocycles. The summed E-state index contributed by atoms with van der Waals surface area (Å²) < 4.78 is 0. The van der Waals surface area contributed by atoms with Crippen LogP contribution in [-0.2, 0) is 0 Å². The quantitative estimate of drug-likeness (QED) is 0.219. The van der Waals surface area contributed by atoms with Crippen LogP contribution in [0.5, 0.6) is 0 Å². The summed E-state index contributed by atoms with van der Waals surface area (Å²) in [6.07, 6.45) is 2.96. The van der Waals surface area contributed by atoms with E-state index in [1.165, 1.54) is 36.3 Å². The Bertz CT molecular complexity index is 662. The predicted molar refractivity (Wildman–Crippen MR) is 71.8 cm³/mol. The molecule has 1 aromatic carbocycles. The number of nitro benzene ring substituents is 1. The molecule has 0 aliphatic carbocycles. The van der Waals surface area contributed by atoms with Gasteiger partial charge in [-0.05, 0) is 12.1 Å². The van der Waals surface area contributed by atoms with Crippen molar-refractivity contribution in [3.8, 4) is 0 Å². The smallest absolute Gasteiger partial charge is 0.270 e. The molecule has 102 valence electrons. The van der Waals surface area contributed by atoms with Crippen LogP contribution in [-0.4, -0.2) is 25.9 Å². The van der Waals surface area contributed by atoms with E-state index in [-0.39, 0.29) is 17.1 Å². The van der Waals surface area contributed by atoms with Crippen molar-refractivity contribution in [3.05, 3.63) is 52.5 Å². The molecule has 0 saturated heterocycles.